The molecule has 326 valence electrons. The first-order valence-corrected chi connectivity index (χ1v) is 21.2. The third kappa shape index (κ3) is 8.35. The molecule has 2 aromatic carbocycles. The lowest BCUT2D eigenvalue weighted by Gasteiger charge is -2.39. The highest BCUT2D eigenvalue weighted by Gasteiger charge is 2.45. The predicted octanol–water partition coefficient (Wildman–Crippen LogP) is 3.34. The number of amides is 5. The van der Waals surface area contributed by atoms with Gasteiger partial charge in [-0.05, 0) is 75.4 Å². The largest absolute Gasteiger partial charge is 0.495 e. The number of aromatic nitrogens is 3. The monoisotopic (exact) mass is 868 g/mol. The summed E-state index contributed by atoms with van der Waals surface area (Å²) in [5, 5.41) is 9.15. The second-order valence-electron chi connectivity index (χ2n) is 16.2. The molecule has 1 unspecified atom stereocenters. The Kier molecular flexibility index (Phi) is 12.0. The Morgan fingerprint density at radius 1 is 0.919 bits per heavy atom. The van der Waals surface area contributed by atoms with Gasteiger partial charge >= 0.3 is 0 Å². The zero-order valence-corrected chi connectivity index (χ0v) is 35.8. The minimum atomic E-state index is -1.03. The van der Waals surface area contributed by atoms with Crippen LogP contribution in [0.25, 0.3) is 10.9 Å². The number of hydrogen-bond acceptors (Lipinski definition) is 14. The number of fused-ring (bicyclic) bond motifs is 2. The van der Waals surface area contributed by atoms with Crippen LogP contribution in [-0.2, 0) is 14.4 Å². The number of piperidine rings is 2. The number of nitrogens with zero attached hydrogens (tertiary/aromatic N) is 7. The number of piperazine rings is 1. The molecule has 4 aliphatic heterocycles. The first-order chi connectivity index (χ1) is 29.8. The summed E-state index contributed by atoms with van der Waals surface area (Å²) in [6.45, 7) is 9.11. The van der Waals surface area contributed by atoms with Crippen molar-refractivity contribution < 1.29 is 33.4 Å². The summed E-state index contributed by atoms with van der Waals surface area (Å²) in [4.78, 5) is 93.4. The molecular weight excluding hydrogens is 820 g/mol. The standard InChI is InChI=1S/C43H49ClN10O8/c1-24(2)53-31-6-5-27(17-26(31)18-35(42(53)60)62-23-37(56)45-3)47-38-30(44)21-46-43(49-38)52-15-13-50(14-16-52)22-25-9-11-51(12-10-25)33-19-28-29(20-34(33)61-4)41(59)54(40(28)58)32-7-8-36(55)48-39(32)57/h5-6,17-21,24-25,32H,7-16,22-23H2,1-4H3,(H,45,56)(H,46,47,49)(H,48,55,57). The topological polar surface area (TPSA) is 201 Å². The minimum absolute atomic E-state index is 0.0573. The molecule has 0 bridgehead atoms. The van der Waals surface area contributed by atoms with E-state index in [1.807, 2.05) is 32.0 Å². The molecule has 0 spiro atoms. The molecule has 3 N–H and O–H groups in total. The zero-order valence-electron chi connectivity index (χ0n) is 35.0. The Hall–Kier alpha value is -6.27. The smallest absolute Gasteiger partial charge is 0.293 e. The fourth-order valence-corrected chi connectivity index (χ4v) is 8.85. The molecule has 2 aromatic heterocycles. The van der Waals surface area contributed by atoms with Gasteiger partial charge in [0.25, 0.3) is 23.3 Å². The molecule has 18 nitrogen and oxygen atoms in total. The maximum Gasteiger partial charge on any atom is 0.293 e. The van der Waals surface area contributed by atoms with Gasteiger partial charge in [0.15, 0.2) is 18.2 Å². The number of pyridine rings is 1. The van der Waals surface area contributed by atoms with Crippen molar-refractivity contribution in [1.82, 2.24) is 35.0 Å². The van der Waals surface area contributed by atoms with Crippen LogP contribution in [-0.4, -0.2) is 126 Å². The van der Waals surface area contributed by atoms with Crippen LogP contribution in [0.15, 0.2) is 47.4 Å². The molecule has 0 aliphatic carbocycles. The van der Waals surface area contributed by atoms with Gasteiger partial charge in [0.2, 0.25) is 17.8 Å². The van der Waals surface area contributed by atoms with Crippen LogP contribution >= 0.6 is 11.6 Å². The van der Waals surface area contributed by atoms with Crippen molar-refractivity contribution in [3.63, 3.8) is 0 Å². The molecule has 0 saturated carbocycles. The van der Waals surface area contributed by atoms with Crippen molar-refractivity contribution in [2.75, 3.05) is 81.7 Å². The number of benzene rings is 2. The first kappa shape index (κ1) is 42.4. The van der Waals surface area contributed by atoms with Gasteiger partial charge in [-0.15, -0.1) is 0 Å². The van der Waals surface area contributed by atoms with Crippen molar-refractivity contribution in [2.45, 2.75) is 51.6 Å². The maximum absolute atomic E-state index is 13.5. The van der Waals surface area contributed by atoms with E-state index in [-0.39, 0.29) is 53.8 Å². The Morgan fingerprint density at radius 3 is 2.32 bits per heavy atom. The number of imide groups is 2. The highest BCUT2D eigenvalue weighted by molar-refractivity contribution is 6.33. The van der Waals surface area contributed by atoms with Gasteiger partial charge < -0.3 is 34.5 Å². The number of ether oxygens (including phenoxy) is 2. The average molecular weight is 869 g/mol. The number of halogens is 1. The Balaban J connectivity index is 0.872. The van der Waals surface area contributed by atoms with Gasteiger partial charge in [-0.2, -0.15) is 4.98 Å². The summed E-state index contributed by atoms with van der Waals surface area (Å²) in [6, 6.07) is 9.35. The van der Waals surface area contributed by atoms with Gasteiger partial charge in [-0.25, -0.2) is 4.98 Å². The van der Waals surface area contributed by atoms with Crippen LogP contribution < -0.4 is 40.8 Å². The number of carbonyl (C=O) groups is 5. The van der Waals surface area contributed by atoms with Crippen LogP contribution in [0.1, 0.15) is 66.3 Å². The summed E-state index contributed by atoms with van der Waals surface area (Å²) >= 11 is 6.60. The molecule has 0 radical (unpaired) electrons. The Morgan fingerprint density at radius 2 is 1.65 bits per heavy atom. The number of rotatable bonds is 12. The van der Waals surface area contributed by atoms with E-state index in [0.717, 1.165) is 80.1 Å². The fourth-order valence-electron chi connectivity index (χ4n) is 8.71. The van der Waals surface area contributed by atoms with Crippen molar-refractivity contribution in [1.29, 1.82) is 0 Å². The molecule has 6 heterocycles. The Bertz CT molecular complexity index is 2510. The van der Waals surface area contributed by atoms with Crippen LogP contribution in [0.3, 0.4) is 0 Å². The van der Waals surface area contributed by atoms with Gasteiger partial charge in [-0.3, -0.25) is 43.9 Å². The molecule has 19 heteroatoms. The lowest BCUT2D eigenvalue weighted by molar-refractivity contribution is -0.136. The number of hydrogen-bond donors (Lipinski definition) is 3. The van der Waals surface area contributed by atoms with E-state index in [1.54, 1.807) is 29.0 Å². The normalized spacial score (nSPS) is 18.7. The van der Waals surface area contributed by atoms with Crippen molar-refractivity contribution >= 4 is 75.2 Å². The van der Waals surface area contributed by atoms with Crippen molar-refractivity contribution in [3.05, 3.63) is 69.1 Å². The third-order valence-electron chi connectivity index (χ3n) is 12.0. The summed E-state index contributed by atoms with van der Waals surface area (Å²) in [7, 11) is 3.04. The summed E-state index contributed by atoms with van der Waals surface area (Å²) < 4.78 is 13.0. The van der Waals surface area contributed by atoms with E-state index in [0.29, 0.717) is 34.1 Å². The quantitative estimate of drug-likeness (QED) is 0.175. The molecular formula is C43H49ClN10O8. The summed E-state index contributed by atoms with van der Waals surface area (Å²) in [5.41, 5.74) is 2.26. The molecule has 3 saturated heterocycles. The first-order valence-electron chi connectivity index (χ1n) is 20.8. The predicted molar refractivity (Wildman–Crippen MR) is 232 cm³/mol. The van der Waals surface area contributed by atoms with Crippen LogP contribution in [0, 0.1) is 5.92 Å². The summed E-state index contributed by atoms with van der Waals surface area (Å²) in [5.74, 6) is -0.469. The summed E-state index contributed by atoms with van der Waals surface area (Å²) in [6.07, 6.45) is 3.60. The molecule has 1 atom stereocenters. The Labute approximate surface area is 362 Å². The van der Waals surface area contributed by atoms with E-state index >= 15 is 0 Å². The maximum atomic E-state index is 13.5. The van der Waals surface area contributed by atoms with E-state index in [9.17, 15) is 28.8 Å². The van der Waals surface area contributed by atoms with Crippen LogP contribution in [0.5, 0.6) is 11.5 Å². The lowest BCUT2D eigenvalue weighted by atomic mass is 9.95. The van der Waals surface area contributed by atoms with E-state index < -0.39 is 29.7 Å². The van der Waals surface area contributed by atoms with E-state index in [4.69, 9.17) is 26.1 Å². The van der Waals surface area contributed by atoms with Gasteiger partial charge in [0.1, 0.15) is 16.8 Å². The zero-order chi connectivity index (χ0) is 43.8. The minimum Gasteiger partial charge on any atom is -0.495 e. The van der Waals surface area contributed by atoms with E-state index in [2.05, 4.69) is 35.6 Å². The van der Waals surface area contributed by atoms with Crippen LogP contribution in [0.4, 0.5) is 23.1 Å². The average Bonchev–Trinajstić information content (AvgIpc) is 3.50. The van der Waals surface area contributed by atoms with E-state index in [1.165, 1.54) is 14.2 Å². The number of carbonyl (C=O) groups excluding carboxylic acids is 5. The molecule has 3 fully saturated rings. The molecule has 62 heavy (non-hydrogen) atoms. The molecule has 4 aliphatic rings. The second kappa shape index (κ2) is 17.6. The molecule has 8 rings (SSSR count). The lowest BCUT2D eigenvalue weighted by Crippen LogP contribution is -2.54. The number of methoxy groups -OCH3 is 1. The molecule has 5 amide bonds. The van der Waals surface area contributed by atoms with Crippen molar-refractivity contribution in [2.24, 2.45) is 5.92 Å². The number of likely N-dealkylation sites (N-methyl/N-ethyl adjacent to an activating group) is 1. The molecule has 4 aromatic rings. The van der Waals surface area contributed by atoms with Crippen molar-refractivity contribution in [3.8, 4) is 11.5 Å². The second-order valence-corrected chi connectivity index (χ2v) is 16.6. The van der Waals surface area contributed by atoms with Gasteiger partial charge in [0.05, 0.1) is 35.6 Å². The van der Waals surface area contributed by atoms with Gasteiger partial charge in [-0.1, -0.05) is 11.6 Å². The number of nitrogens with one attached hydrogen (secondary N) is 3. The third-order valence-corrected chi connectivity index (χ3v) is 12.3. The van der Waals surface area contributed by atoms with Crippen LogP contribution in [0.2, 0.25) is 5.02 Å². The SMILES string of the molecule is CNC(=O)COc1cc2cc(Nc3nc(N4CCN(CC5CCN(c6cc7c(cc6OC)C(=O)N(C6CCC(=O)NC6=O)C7=O)CC5)CC4)ncc3Cl)ccc2n(C(C)C)c1=O. The fraction of sp³-hybridized carbons (Fsp3) is 0.442. The van der Waals surface area contributed by atoms with Gasteiger partial charge in [0, 0.05) is 76.4 Å². The highest BCUT2D eigenvalue weighted by atomic mass is 35.5. The number of anilines is 4. The highest BCUT2D eigenvalue weighted by Crippen LogP contribution is 2.39.